The molecule has 0 aromatic carbocycles. The average Bonchev–Trinajstić information content (AvgIpc) is 2.66. The number of rotatable bonds is 7. The van der Waals surface area contributed by atoms with Gasteiger partial charge < -0.3 is 14.8 Å². The van der Waals surface area contributed by atoms with E-state index in [2.05, 4.69) is 61.2 Å². The maximum absolute atomic E-state index is 3.38. The van der Waals surface area contributed by atoms with Crippen molar-refractivity contribution in [1.29, 1.82) is 0 Å². The quantitative estimate of drug-likeness (QED) is 0.785. The molecule has 0 spiro atoms. The summed E-state index contributed by atoms with van der Waals surface area (Å²) in [7, 11) is 6.28. The Balaban J connectivity index is 2.52. The molecule has 3 nitrogen and oxygen atoms in total. The Hall–Kier alpha value is -0.800. The first-order valence-corrected chi connectivity index (χ1v) is 6.52. The maximum Gasteiger partial charge on any atom is 0.0355 e. The Kier molecular flexibility index (Phi) is 5.72. The van der Waals surface area contributed by atoms with Gasteiger partial charge in [0.1, 0.15) is 0 Å². The zero-order valence-corrected chi connectivity index (χ0v) is 11.9. The van der Waals surface area contributed by atoms with Gasteiger partial charge in [-0.1, -0.05) is 13.8 Å². The summed E-state index contributed by atoms with van der Waals surface area (Å²) < 4.78 is 2.30. The third kappa shape index (κ3) is 4.52. The zero-order valence-electron chi connectivity index (χ0n) is 11.9. The number of hydrogen-bond donors (Lipinski definition) is 1. The lowest BCUT2D eigenvalue weighted by atomic mass is 9.99. The molecule has 0 aliphatic heterocycles. The summed E-state index contributed by atoms with van der Waals surface area (Å²) >= 11 is 0. The molecule has 0 saturated heterocycles. The number of nitrogens with zero attached hydrogens (tertiary/aromatic N) is 2. The van der Waals surface area contributed by atoms with Crippen LogP contribution < -0.4 is 5.32 Å². The first-order chi connectivity index (χ1) is 8.04. The Morgan fingerprint density at radius 3 is 2.59 bits per heavy atom. The summed E-state index contributed by atoms with van der Waals surface area (Å²) in [5.74, 6) is 0.623. The zero-order chi connectivity index (χ0) is 12.8. The fraction of sp³-hybridized carbons (Fsp3) is 0.714. The van der Waals surface area contributed by atoms with Crippen molar-refractivity contribution in [2.45, 2.75) is 32.9 Å². The van der Waals surface area contributed by atoms with Gasteiger partial charge in [0.05, 0.1) is 0 Å². The molecule has 98 valence electrons. The monoisotopic (exact) mass is 237 g/mol. The summed E-state index contributed by atoms with van der Waals surface area (Å²) in [4.78, 5) is 2.23. The predicted molar refractivity (Wildman–Crippen MR) is 74.2 cm³/mol. The minimum Gasteiger partial charge on any atom is -0.354 e. The van der Waals surface area contributed by atoms with Gasteiger partial charge >= 0.3 is 0 Å². The topological polar surface area (TPSA) is 20.2 Å². The molecule has 1 aromatic heterocycles. The van der Waals surface area contributed by atoms with E-state index >= 15 is 0 Å². The summed E-state index contributed by atoms with van der Waals surface area (Å²) in [6.45, 7) is 6.76. The van der Waals surface area contributed by atoms with Gasteiger partial charge in [0.15, 0.2) is 0 Å². The first kappa shape index (κ1) is 14.3. The molecular formula is C14H27N3. The second-order valence-electron chi connectivity index (χ2n) is 5.35. The predicted octanol–water partition coefficient (Wildman–Crippen LogP) is 2.36. The van der Waals surface area contributed by atoms with Gasteiger partial charge in [-0.3, -0.25) is 0 Å². The van der Waals surface area contributed by atoms with Gasteiger partial charge in [0.25, 0.3) is 0 Å². The Morgan fingerprint density at radius 2 is 2.06 bits per heavy atom. The van der Waals surface area contributed by atoms with Gasteiger partial charge in [-0.05, 0) is 51.7 Å². The molecule has 1 unspecified atom stereocenters. The highest BCUT2D eigenvalue weighted by molar-refractivity contribution is 5.16. The molecule has 17 heavy (non-hydrogen) atoms. The Labute approximate surface area is 106 Å². The van der Waals surface area contributed by atoms with Crippen molar-refractivity contribution >= 4 is 0 Å². The standard InChI is InChI=1S/C14H27N3/c1-12(2)14(15-3)13-7-10-17(11-13)9-6-8-16(4)5/h7,10-12,14-15H,6,8-9H2,1-5H3. The van der Waals surface area contributed by atoms with Crippen molar-refractivity contribution in [3.63, 3.8) is 0 Å². The van der Waals surface area contributed by atoms with Crippen LogP contribution in [0.5, 0.6) is 0 Å². The fourth-order valence-electron chi connectivity index (χ4n) is 2.24. The van der Waals surface area contributed by atoms with E-state index in [0.29, 0.717) is 12.0 Å². The van der Waals surface area contributed by atoms with Crippen LogP contribution >= 0.6 is 0 Å². The first-order valence-electron chi connectivity index (χ1n) is 6.52. The van der Waals surface area contributed by atoms with Crippen LogP contribution in [0.15, 0.2) is 18.5 Å². The lowest BCUT2D eigenvalue weighted by Crippen LogP contribution is -2.21. The second-order valence-corrected chi connectivity index (χ2v) is 5.35. The number of nitrogens with one attached hydrogen (secondary N) is 1. The van der Waals surface area contributed by atoms with Crippen LogP contribution in [0.3, 0.4) is 0 Å². The molecule has 0 bridgehead atoms. The second kappa shape index (κ2) is 6.82. The lowest BCUT2D eigenvalue weighted by Gasteiger charge is -2.18. The highest BCUT2D eigenvalue weighted by Crippen LogP contribution is 2.21. The van der Waals surface area contributed by atoms with Gasteiger partial charge in [-0.25, -0.2) is 0 Å². The molecule has 1 rings (SSSR count). The molecule has 0 fully saturated rings. The van der Waals surface area contributed by atoms with Crippen molar-refractivity contribution < 1.29 is 0 Å². The van der Waals surface area contributed by atoms with Crippen LogP contribution in [-0.4, -0.2) is 37.2 Å². The molecule has 1 heterocycles. The SMILES string of the molecule is CNC(c1ccn(CCCN(C)C)c1)C(C)C. The average molecular weight is 237 g/mol. The summed E-state index contributed by atoms with van der Waals surface area (Å²) in [5.41, 5.74) is 1.40. The third-order valence-electron chi connectivity index (χ3n) is 3.13. The van der Waals surface area contributed by atoms with Crippen molar-refractivity contribution in [3.8, 4) is 0 Å². The van der Waals surface area contributed by atoms with Crippen molar-refractivity contribution in [2.24, 2.45) is 5.92 Å². The van der Waals surface area contributed by atoms with Crippen LogP contribution in [0.25, 0.3) is 0 Å². The Bertz CT molecular complexity index is 315. The van der Waals surface area contributed by atoms with Crippen molar-refractivity contribution in [2.75, 3.05) is 27.7 Å². The van der Waals surface area contributed by atoms with Gasteiger partial charge in [-0.15, -0.1) is 0 Å². The normalized spacial score (nSPS) is 13.6. The molecule has 0 amide bonds. The summed E-state index contributed by atoms with van der Waals surface area (Å²) in [6, 6.07) is 2.70. The molecule has 1 aromatic rings. The van der Waals surface area contributed by atoms with E-state index in [0.717, 1.165) is 13.1 Å². The minimum atomic E-state index is 0.463. The smallest absolute Gasteiger partial charge is 0.0355 e. The highest BCUT2D eigenvalue weighted by atomic mass is 15.1. The Morgan fingerprint density at radius 1 is 1.35 bits per heavy atom. The molecule has 0 radical (unpaired) electrons. The summed E-state index contributed by atoms with van der Waals surface area (Å²) in [6.07, 6.45) is 5.67. The molecule has 0 saturated carbocycles. The van der Waals surface area contributed by atoms with Crippen LogP contribution in [0.4, 0.5) is 0 Å². The van der Waals surface area contributed by atoms with E-state index in [4.69, 9.17) is 0 Å². The van der Waals surface area contributed by atoms with E-state index in [9.17, 15) is 0 Å². The molecule has 0 aliphatic carbocycles. The highest BCUT2D eigenvalue weighted by Gasteiger charge is 2.14. The van der Waals surface area contributed by atoms with Crippen LogP contribution in [0, 0.1) is 5.92 Å². The molecular weight excluding hydrogens is 210 g/mol. The van der Waals surface area contributed by atoms with E-state index in [1.165, 1.54) is 12.0 Å². The van der Waals surface area contributed by atoms with Crippen LogP contribution in [-0.2, 0) is 6.54 Å². The van der Waals surface area contributed by atoms with Gasteiger partial charge in [0, 0.05) is 25.0 Å². The van der Waals surface area contributed by atoms with Crippen molar-refractivity contribution in [3.05, 3.63) is 24.0 Å². The van der Waals surface area contributed by atoms with E-state index < -0.39 is 0 Å². The van der Waals surface area contributed by atoms with E-state index in [1.54, 1.807) is 0 Å². The number of hydrogen-bond acceptors (Lipinski definition) is 2. The maximum atomic E-state index is 3.38. The molecule has 1 atom stereocenters. The molecule has 3 heteroatoms. The lowest BCUT2D eigenvalue weighted by molar-refractivity contribution is 0.386. The molecule has 1 N–H and O–H groups in total. The largest absolute Gasteiger partial charge is 0.354 e. The summed E-state index contributed by atoms with van der Waals surface area (Å²) in [5, 5.41) is 3.38. The number of aromatic nitrogens is 1. The van der Waals surface area contributed by atoms with E-state index in [-0.39, 0.29) is 0 Å². The van der Waals surface area contributed by atoms with Gasteiger partial charge in [-0.2, -0.15) is 0 Å². The number of aryl methyl sites for hydroxylation is 1. The van der Waals surface area contributed by atoms with Crippen LogP contribution in [0.2, 0.25) is 0 Å². The molecule has 0 aliphatic rings. The van der Waals surface area contributed by atoms with Crippen LogP contribution in [0.1, 0.15) is 31.9 Å². The van der Waals surface area contributed by atoms with Gasteiger partial charge in [0.2, 0.25) is 0 Å². The van der Waals surface area contributed by atoms with Crippen molar-refractivity contribution in [1.82, 2.24) is 14.8 Å². The fourth-order valence-corrected chi connectivity index (χ4v) is 2.24. The van der Waals surface area contributed by atoms with E-state index in [1.807, 2.05) is 7.05 Å². The third-order valence-corrected chi connectivity index (χ3v) is 3.13. The minimum absolute atomic E-state index is 0.463.